The maximum Gasteiger partial charge on any atom is 0.264 e. The van der Waals surface area contributed by atoms with E-state index in [0.717, 1.165) is 46.0 Å². The van der Waals surface area contributed by atoms with E-state index in [0.29, 0.717) is 21.3 Å². The van der Waals surface area contributed by atoms with E-state index in [1.165, 1.54) is 16.7 Å². The van der Waals surface area contributed by atoms with Crippen molar-refractivity contribution in [3.8, 4) is 0 Å². The average Bonchev–Trinajstić information content (AvgIpc) is 3.60. The molecule has 1 atom stereocenters. The molecule has 1 unspecified atom stereocenters. The van der Waals surface area contributed by atoms with Crippen molar-refractivity contribution in [3.63, 3.8) is 0 Å². The third-order valence-electron chi connectivity index (χ3n) is 8.56. The molecule has 1 fully saturated rings. The van der Waals surface area contributed by atoms with E-state index < -0.39 is 28.5 Å². The molecule has 0 aliphatic heterocycles. The maximum atomic E-state index is 14.7. The molecule has 7 nitrogen and oxygen atoms in total. The monoisotopic (exact) mass is 723 g/mol. The number of thioether (sulfide) groups is 1. The number of hydrogen-bond acceptors (Lipinski definition) is 5. The minimum atomic E-state index is -4.19. The van der Waals surface area contributed by atoms with Gasteiger partial charge in [0.2, 0.25) is 11.8 Å². The second-order valence-corrected chi connectivity index (χ2v) is 15.5. The van der Waals surface area contributed by atoms with Gasteiger partial charge in [-0.3, -0.25) is 13.9 Å². The number of aryl methyl sites for hydroxylation is 1. The summed E-state index contributed by atoms with van der Waals surface area (Å²) in [5, 5.41) is 3.86. The van der Waals surface area contributed by atoms with Crippen LogP contribution in [0.5, 0.6) is 0 Å². The summed E-state index contributed by atoms with van der Waals surface area (Å²) in [5.41, 5.74) is 2.81. The first-order chi connectivity index (χ1) is 23.0. The van der Waals surface area contributed by atoms with E-state index in [2.05, 4.69) is 5.32 Å². The van der Waals surface area contributed by atoms with Crippen LogP contribution in [0.25, 0.3) is 0 Å². The highest BCUT2D eigenvalue weighted by Gasteiger charge is 2.35. The van der Waals surface area contributed by atoms with Crippen molar-refractivity contribution >= 4 is 62.5 Å². The second-order valence-electron chi connectivity index (χ2n) is 12.0. The lowest BCUT2D eigenvalue weighted by Gasteiger charge is -2.34. The van der Waals surface area contributed by atoms with Crippen molar-refractivity contribution in [2.24, 2.45) is 0 Å². The molecule has 0 aromatic heterocycles. The predicted molar refractivity (Wildman–Crippen MR) is 195 cm³/mol. The first kappa shape index (κ1) is 35.8. The zero-order chi connectivity index (χ0) is 34.3. The van der Waals surface area contributed by atoms with Crippen molar-refractivity contribution in [3.05, 3.63) is 124 Å². The van der Waals surface area contributed by atoms with Crippen molar-refractivity contribution in [2.75, 3.05) is 17.1 Å². The summed E-state index contributed by atoms with van der Waals surface area (Å²) in [6, 6.07) is 27.2. The van der Waals surface area contributed by atoms with Gasteiger partial charge in [0.15, 0.2) is 0 Å². The van der Waals surface area contributed by atoms with Gasteiger partial charge in [-0.15, -0.1) is 11.8 Å². The summed E-state index contributed by atoms with van der Waals surface area (Å²) < 4.78 is 29.7. The lowest BCUT2D eigenvalue weighted by Crippen LogP contribution is -2.54. The van der Waals surface area contributed by atoms with E-state index in [9.17, 15) is 18.0 Å². The molecule has 4 aromatic rings. The smallest absolute Gasteiger partial charge is 0.264 e. The van der Waals surface area contributed by atoms with Crippen LogP contribution in [0, 0.1) is 6.92 Å². The largest absolute Gasteiger partial charge is 0.352 e. The molecule has 11 heteroatoms. The molecular weight excluding hydrogens is 685 g/mol. The zero-order valence-corrected chi connectivity index (χ0v) is 30.1. The minimum absolute atomic E-state index is 0.00944. The Morgan fingerprint density at radius 2 is 1.54 bits per heavy atom. The summed E-state index contributed by atoms with van der Waals surface area (Å²) in [6.07, 6.45) is 5.96. The van der Waals surface area contributed by atoms with Crippen LogP contribution in [0.15, 0.2) is 107 Å². The molecular formula is C37H39Cl2N3O4S2. The third kappa shape index (κ3) is 8.94. The van der Waals surface area contributed by atoms with Crippen LogP contribution >= 0.6 is 35.0 Å². The summed E-state index contributed by atoms with van der Waals surface area (Å²) in [5.74, 6) is -0.815. The maximum absolute atomic E-state index is 14.7. The molecule has 4 aromatic carbocycles. The molecule has 252 valence electrons. The molecule has 0 heterocycles. The van der Waals surface area contributed by atoms with E-state index in [4.69, 9.17) is 23.2 Å². The van der Waals surface area contributed by atoms with Crippen LogP contribution in [-0.4, -0.2) is 50.0 Å². The van der Waals surface area contributed by atoms with Crippen LogP contribution < -0.4 is 9.62 Å². The number of carbonyl (C=O) groups excluding carboxylic acids is 2. The number of benzene rings is 4. The Bertz CT molecular complexity index is 1820. The van der Waals surface area contributed by atoms with Gasteiger partial charge in [-0.2, -0.15) is 0 Å². The van der Waals surface area contributed by atoms with Gasteiger partial charge in [0, 0.05) is 23.9 Å². The van der Waals surface area contributed by atoms with Gasteiger partial charge in [-0.1, -0.05) is 90.1 Å². The normalized spacial score (nSPS) is 14.0. The number of rotatable bonds is 13. The third-order valence-corrected chi connectivity index (χ3v) is 11.8. The Kier molecular flexibility index (Phi) is 12.1. The van der Waals surface area contributed by atoms with Crippen LogP contribution in [0.4, 0.5) is 5.69 Å². The highest BCUT2D eigenvalue weighted by atomic mass is 35.5. The Morgan fingerprint density at radius 3 is 2.17 bits per heavy atom. The minimum Gasteiger partial charge on any atom is -0.352 e. The second kappa shape index (κ2) is 16.3. The number of amides is 2. The van der Waals surface area contributed by atoms with Crippen molar-refractivity contribution in [2.45, 2.75) is 67.4 Å². The molecule has 1 aliphatic carbocycles. The van der Waals surface area contributed by atoms with Gasteiger partial charge < -0.3 is 10.2 Å². The number of carbonyl (C=O) groups is 2. The van der Waals surface area contributed by atoms with Gasteiger partial charge >= 0.3 is 0 Å². The van der Waals surface area contributed by atoms with E-state index in [1.54, 1.807) is 66.7 Å². The van der Waals surface area contributed by atoms with Crippen LogP contribution in [0.1, 0.15) is 42.4 Å². The van der Waals surface area contributed by atoms with Gasteiger partial charge in [0.1, 0.15) is 12.6 Å². The number of hydrogen-bond donors (Lipinski definition) is 1. The molecule has 0 bridgehead atoms. The molecule has 0 saturated heterocycles. The topological polar surface area (TPSA) is 86.8 Å². The average molecular weight is 725 g/mol. The fraction of sp³-hybridized carbons (Fsp3) is 0.297. The van der Waals surface area contributed by atoms with E-state index in [1.807, 2.05) is 43.5 Å². The Balaban J connectivity index is 1.57. The fourth-order valence-corrected chi connectivity index (χ4v) is 8.01. The summed E-state index contributed by atoms with van der Waals surface area (Å²) in [6.45, 7) is 1.39. The van der Waals surface area contributed by atoms with Gasteiger partial charge in [0.25, 0.3) is 10.0 Å². The molecule has 0 radical (unpaired) electrons. The number of anilines is 1. The van der Waals surface area contributed by atoms with E-state index >= 15 is 0 Å². The molecule has 48 heavy (non-hydrogen) atoms. The Hall–Kier alpha value is -3.50. The lowest BCUT2D eigenvalue weighted by atomic mass is 10.0. The summed E-state index contributed by atoms with van der Waals surface area (Å²) in [7, 11) is -4.19. The van der Waals surface area contributed by atoms with Crippen LogP contribution in [0.3, 0.4) is 0 Å². The van der Waals surface area contributed by atoms with Crippen molar-refractivity contribution in [1.82, 2.24) is 10.2 Å². The predicted octanol–water partition coefficient (Wildman–Crippen LogP) is 7.92. The zero-order valence-electron chi connectivity index (χ0n) is 26.9. The quantitative estimate of drug-likeness (QED) is 0.142. The first-order valence-corrected chi connectivity index (χ1v) is 19.3. The first-order valence-electron chi connectivity index (χ1n) is 15.9. The SMILES string of the molecule is CSc1ccc(S(=O)(=O)N(CC(=O)N(Cc2ccc(Cl)c(Cl)c2)C(Cc2ccccc2)C(=O)NC2CCCC2)c2ccc(C)cc2)cc1. The highest BCUT2D eigenvalue weighted by molar-refractivity contribution is 7.98. The summed E-state index contributed by atoms with van der Waals surface area (Å²) in [4.78, 5) is 31.3. The standard InChI is InChI=1S/C37H39Cl2N3O4S2/c1-26-12-15-30(16-13-26)42(48(45,46)32-19-17-31(47-2)18-20-32)25-36(43)41(24-28-14-21-33(38)34(39)22-28)35(23-27-8-4-3-5-9-27)37(44)40-29-10-6-7-11-29/h3-5,8-9,12-22,29,35H,6-7,10-11,23-25H2,1-2H3,(H,40,44). The van der Waals surface area contributed by atoms with Crippen LogP contribution in [0.2, 0.25) is 10.0 Å². The molecule has 1 saturated carbocycles. The molecule has 0 spiro atoms. The fourth-order valence-electron chi connectivity index (χ4n) is 5.87. The number of sulfonamides is 1. The van der Waals surface area contributed by atoms with E-state index in [-0.39, 0.29) is 29.8 Å². The van der Waals surface area contributed by atoms with Gasteiger partial charge in [0.05, 0.1) is 20.6 Å². The van der Waals surface area contributed by atoms with Crippen molar-refractivity contribution in [1.29, 1.82) is 0 Å². The van der Waals surface area contributed by atoms with Gasteiger partial charge in [-0.05, 0) is 85.7 Å². The molecule has 2 amide bonds. The molecule has 5 rings (SSSR count). The lowest BCUT2D eigenvalue weighted by molar-refractivity contribution is -0.140. The van der Waals surface area contributed by atoms with Gasteiger partial charge in [-0.25, -0.2) is 8.42 Å². The van der Waals surface area contributed by atoms with Crippen molar-refractivity contribution < 1.29 is 18.0 Å². The Labute approximate surface area is 297 Å². The number of nitrogens with zero attached hydrogens (tertiary/aromatic N) is 2. The highest BCUT2D eigenvalue weighted by Crippen LogP contribution is 2.28. The molecule has 1 N–H and O–H groups in total. The van der Waals surface area contributed by atoms with Crippen LogP contribution in [-0.2, 0) is 32.6 Å². The summed E-state index contributed by atoms with van der Waals surface area (Å²) >= 11 is 14.1. The Morgan fingerprint density at radius 1 is 0.875 bits per heavy atom. The molecule has 1 aliphatic rings. The number of halogens is 2. The number of nitrogens with one attached hydrogen (secondary N) is 1.